The molecule has 0 spiro atoms. The molecular formula is C13H10F3NO. The molecule has 1 aromatic heterocycles. The Morgan fingerprint density at radius 1 is 1.00 bits per heavy atom. The molecule has 0 aliphatic rings. The van der Waals surface area contributed by atoms with Gasteiger partial charge in [-0.25, -0.2) is 0 Å². The Labute approximate surface area is 102 Å². The fourth-order valence-electron chi connectivity index (χ4n) is 1.41. The molecule has 0 aliphatic heterocycles. The number of alkyl halides is 3. The minimum absolute atomic E-state index is 0.104. The van der Waals surface area contributed by atoms with Gasteiger partial charge in [-0.15, -0.1) is 0 Å². The molecule has 0 fully saturated rings. The molecule has 2 nitrogen and oxygen atoms in total. The van der Waals surface area contributed by atoms with E-state index in [1.54, 1.807) is 6.07 Å². The Kier molecular flexibility index (Phi) is 3.50. The zero-order chi connectivity index (χ0) is 13.0. The Bertz CT molecular complexity index is 494. The first-order valence-corrected chi connectivity index (χ1v) is 5.26. The summed E-state index contributed by atoms with van der Waals surface area (Å²) in [6.07, 6.45) is -3.05. The highest BCUT2D eigenvalue weighted by atomic mass is 19.4. The van der Waals surface area contributed by atoms with Gasteiger partial charge in [0, 0.05) is 5.56 Å². The zero-order valence-corrected chi connectivity index (χ0v) is 9.32. The summed E-state index contributed by atoms with van der Waals surface area (Å²) < 4.78 is 40.4. The number of aromatic nitrogens is 1. The molecule has 0 amide bonds. The van der Waals surface area contributed by atoms with Gasteiger partial charge in [-0.05, 0) is 12.1 Å². The Morgan fingerprint density at radius 2 is 1.72 bits per heavy atom. The first-order valence-electron chi connectivity index (χ1n) is 5.26. The molecule has 0 saturated heterocycles. The van der Waals surface area contributed by atoms with Crippen LogP contribution in [-0.2, 0) is 0 Å². The van der Waals surface area contributed by atoms with Gasteiger partial charge in [0.05, 0.1) is 11.9 Å². The minimum atomic E-state index is -4.34. The van der Waals surface area contributed by atoms with E-state index in [2.05, 4.69) is 9.72 Å². The van der Waals surface area contributed by atoms with Crippen molar-refractivity contribution >= 4 is 0 Å². The van der Waals surface area contributed by atoms with E-state index in [4.69, 9.17) is 0 Å². The summed E-state index contributed by atoms with van der Waals surface area (Å²) in [7, 11) is 0. The highest BCUT2D eigenvalue weighted by Crippen LogP contribution is 2.21. The Hall–Kier alpha value is -2.04. The van der Waals surface area contributed by atoms with Crippen molar-refractivity contribution in [2.45, 2.75) is 6.18 Å². The van der Waals surface area contributed by atoms with Gasteiger partial charge in [-0.3, -0.25) is 4.98 Å². The lowest BCUT2D eigenvalue weighted by atomic mass is 10.1. The predicted molar refractivity (Wildman–Crippen MR) is 61.2 cm³/mol. The maximum absolute atomic E-state index is 11.9. The van der Waals surface area contributed by atoms with Crippen LogP contribution in [0.3, 0.4) is 0 Å². The van der Waals surface area contributed by atoms with Crippen molar-refractivity contribution in [1.82, 2.24) is 4.98 Å². The highest BCUT2D eigenvalue weighted by Gasteiger charge is 2.28. The van der Waals surface area contributed by atoms with Crippen LogP contribution in [0.4, 0.5) is 13.2 Å². The van der Waals surface area contributed by atoms with Crippen LogP contribution in [0.15, 0.2) is 48.7 Å². The van der Waals surface area contributed by atoms with Crippen LogP contribution in [0, 0.1) is 0 Å². The van der Waals surface area contributed by atoms with Gasteiger partial charge in [0.2, 0.25) is 0 Å². The first kappa shape index (κ1) is 12.4. The molecule has 18 heavy (non-hydrogen) atoms. The maximum Gasteiger partial charge on any atom is 0.422 e. The van der Waals surface area contributed by atoms with Gasteiger partial charge in [0.1, 0.15) is 5.75 Å². The summed E-state index contributed by atoms with van der Waals surface area (Å²) >= 11 is 0. The summed E-state index contributed by atoms with van der Waals surface area (Å²) in [5, 5.41) is 0. The lowest BCUT2D eigenvalue weighted by molar-refractivity contribution is -0.153. The van der Waals surface area contributed by atoms with Crippen molar-refractivity contribution in [2.75, 3.05) is 6.61 Å². The number of rotatable bonds is 3. The third-order valence-electron chi connectivity index (χ3n) is 2.21. The van der Waals surface area contributed by atoms with E-state index < -0.39 is 12.8 Å². The van der Waals surface area contributed by atoms with E-state index >= 15 is 0 Å². The van der Waals surface area contributed by atoms with Crippen LogP contribution in [0.5, 0.6) is 5.75 Å². The molecule has 0 aliphatic carbocycles. The van der Waals surface area contributed by atoms with Gasteiger partial charge in [0.25, 0.3) is 0 Å². The normalized spacial score (nSPS) is 11.3. The van der Waals surface area contributed by atoms with Crippen LogP contribution < -0.4 is 4.74 Å². The number of hydrogen-bond acceptors (Lipinski definition) is 2. The van der Waals surface area contributed by atoms with E-state index in [0.717, 1.165) is 5.56 Å². The largest absolute Gasteiger partial charge is 0.483 e. The molecule has 0 N–H and O–H groups in total. The second kappa shape index (κ2) is 5.08. The summed E-state index contributed by atoms with van der Waals surface area (Å²) in [6, 6.07) is 12.5. The topological polar surface area (TPSA) is 22.1 Å². The van der Waals surface area contributed by atoms with E-state index in [1.165, 1.54) is 12.3 Å². The number of ether oxygens (including phenoxy) is 1. The average Bonchev–Trinajstić information content (AvgIpc) is 2.37. The zero-order valence-electron chi connectivity index (χ0n) is 9.32. The van der Waals surface area contributed by atoms with Gasteiger partial charge in [-0.2, -0.15) is 13.2 Å². The van der Waals surface area contributed by atoms with Crippen molar-refractivity contribution < 1.29 is 17.9 Å². The average molecular weight is 253 g/mol. The molecular weight excluding hydrogens is 243 g/mol. The predicted octanol–water partition coefficient (Wildman–Crippen LogP) is 3.69. The second-order valence-electron chi connectivity index (χ2n) is 3.65. The van der Waals surface area contributed by atoms with Gasteiger partial charge >= 0.3 is 6.18 Å². The number of pyridine rings is 1. The van der Waals surface area contributed by atoms with Crippen LogP contribution in [-0.4, -0.2) is 17.8 Å². The molecule has 0 saturated carbocycles. The SMILES string of the molecule is FC(F)(F)COc1ccc(-c2ccccc2)nc1. The first-order chi connectivity index (χ1) is 8.54. The third kappa shape index (κ3) is 3.48. The van der Waals surface area contributed by atoms with Crippen molar-refractivity contribution in [3.63, 3.8) is 0 Å². The molecule has 5 heteroatoms. The monoisotopic (exact) mass is 253 g/mol. The van der Waals surface area contributed by atoms with Gasteiger partial charge in [-0.1, -0.05) is 30.3 Å². The number of halogens is 3. The highest BCUT2D eigenvalue weighted by molar-refractivity contribution is 5.58. The number of nitrogens with zero attached hydrogens (tertiary/aromatic N) is 1. The van der Waals surface area contributed by atoms with Gasteiger partial charge < -0.3 is 4.74 Å². The minimum Gasteiger partial charge on any atom is -0.483 e. The van der Waals surface area contributed by atoms with E-state index in [-0.39, 0.29) is 5.75 Å². The van der Waals surface area contributed by atoms with Gasteiger partial charge in [0.15, 0.2) is 6.61 Å². The molecule has 0 unspecified atom stereocenters. The molecule has 2 aromatic rings. The molecule has 1 aromatic carbocycles. The summed E-state index contributed by atoms with van der Waals surface area (Å²) in [5.41, 5.74) is 1.59. The van der Waals surface area contributed by atoms with E-state index in [9.17, 15) is 13.2 Å². The van der Waals surface area contributed by atoms with Crippen LogP contribution in [0.1, 0.15) is 0 Å². The number of hydrogen-bond donors (Lipinski definition) is 0. The van der Waals surface area contributed by atoms with E-state index in [0.29, 0.717) is 5.69 Å². The Morgan fingerprint density at radius 3 is 2.28 bits per heavy atom. The summed E-state index contributed by atoms with van der Waals surface area (Å²) in [5.74, 6) is 0.104. The maximum atomic E-state index is 11.9. The van der Waals surface area contributed by atoms with Crippen LogP contribution in [0.25, 0.3) is 11.3 Å². The lowest BCUT2D eigenvalue weighted by Crippen LogP contribution is -2.19. The van der Waals surface area contributed by atoms with Crippen molar-refractivity contribution in [3.05, 3.63) is 48.7 Å². The summed E-state index contributed by atoms with van der Waals surface area (Å²) in [6.45, 7) is -1.31. The van der Waals surface area contributed by atoms with Crippen LogP contribution >= 0.6 is 0 Å². The standard InChI is InChI=1S/C13H10F3NO/c14-13(15,16)9-18-11-6-7-12(17-8-11)10-4-2-1-3-5-10/h1-8H,9H2. The second-order valence-corrected chi connectivity index (χ2v) is 3.65. The molecule has 0 bridgehead atoms. The Balaban J connectivity index is 2.07. The lowest BCUT2D eigenvalue weighted by Gasteiger charge is -2.09. The van der Waals surface area contributed by atoms with Crippen molar-refractivity contribution in [1.29, 1.82) is 0 Å². The fourth-order valence-corrected chi connectivity index (χ4v) is 1.41. The molecule has 2 rings (SSSR count). The summed E-state index contributed by atoms with van der Waals surface area (Å²) in [4.78, 5) is 4.06. The quantitative estimate of drug-likeness (QED) is 0.832. The molecule has 0 radical (unpaired) electrons. The molecule has 94 valence electrons. The van der Waals surface area contributed by atoms with Crippen molar-refractivity contribution in [2.24, 2.45) is 0 Å². The van der Waals surface area contributed by atoms with E-state index in [1.807, 2.05) is 30.3 Å². The molecule has 1 heterocycles. The fraction of sp³-hybridized carbons (Fsp3) is 0.154. The molecule has 0 atom stereocenters. The van der Waals surface area contributed by atoms with Crippen LogP contribution in [0.2, 0.25) is 0 Å². The third-order valence-corrected chi connectivity index (χ3v) is 2.21. The smallest absolute Gasteiger partial charge is 0.422 e. The van der Waals surface area contributed by atoms with Crippen molar-refractivity contribution in [3.8, 4) is 17.0 Å². The number of benzene rings is 1.